The van der Waals surface area contributed by atoms with Crippen LogP contribution in [0.15, 0.2) is 59.8 Å². The minimum absolute atomic E-state index is 0.0425. The first-order valence-corrected chi connectivity index (χ1v) is 11.9. The predicted octanol–water partition coefficient (Wildman–Crippen LogP) is 2.87. The average molecular weight is 416 g/mol. The monoisotopic (exact) mass is 415 g/mol. The molecule has 28 heavy (non-hydrogen) atoms. The van der Waals surface area contributed by atoms with E-state index in [-0.39, 0.29) is 29.2 Å². The van der Waals surface area contributed by atoms with Crippen LogP contribution in [0.25, 0.3) is 11.0 Å². The van der Waals surface area contributed by atoms with Gasteiger partial charge in [-0.1, -0.05) is 54.2 Å². The molecule has 6 nitrogen and oxygen atoms in total. The number of thioether (sulfide) groups is 1. The van der Waals surface area contributed by atoms with E-state index in [9.17, 15) is 13.2 Å². The fraction of sp³-hybridized carbons (Fsp3) is 0.300. The van der Waals surface area contributed by atoms with E-state index in [1.165, 1.54) is 11.8 Å². The molecule has 0 spiro atoms. The number of amides is 1. The zero-order valence-electron chi connectivity index (χ0n) is 15.2. The second kappa shape index (κ2) is 7.97. The Hall–Kier alpha value is -2.32. The first-order chi connectivity index (χ1) is 13.5. The zero-order valence-corrected chi connectivity index (χ0v) is 16.9. The van der Waals surface area contributed by atoms with E-state index in [0.717, 1.165) is 16.6 Å². The molecule has 146 valence electrons. The Morgan fingerprint density at radius 2 is 1.89 bits per heavy atom. The molecule has 2 aromatic carbocycles. The summed E-state index contributed by atoms with van der Waals surface area (Å²) in [5, 5.41) is 0.688. The SMILES string of the molecule is O=C(CSc1nc2ccccc2[nH]1)N(Cc1ccccc1)[C@@H]1CCS(=O)(=O)C1. The molecule has 1 saturated heterocycles. The van der Waals surface area contributed by atoms with Crippen molar-refractivity contribution >= 4 is 38.5 Å². The normalized spacial score (nSPS) is 18.4. The van der Waals surface area contributed by atoms with Crippen LogP contribution in [0, 0.1) is 0 Å². The Labute approximate surface area is 168 Å². The highest BCUT2D eigenvalue weighted by atomic mass is 32.2. The highest BCUT2D eigenvalue weighted by molar-refractivity contribution is 7.99. The minimum Gasteiger partial charge on any atom is -0.334 e. The number of nitrogens with zero attached hydrogens (tertiary/aromatic N) is 2. The summed E-state index contributed by atoms with van der Waals surface area (Å²) < 4.78 is 23.9. The van der Waals surface area contributed by atoms with Gasteiger partial charge in [0.2, 0.25) is 5.91 Å². The fourth-order valence-corrected chi connectivity index (χ4v) is 5.93. The van der Waals surface area contributed by atoms with Crippen molar-refractivity contribution in [2.75, 3.05) is 17.3 Å². The third kappa shape index (κ3) is 4.39. The molecule has 3 aromatic rings. The number of fused-ring (bicyclic) bond motifs is 1. The van der Waals surface area contributed by atoms with Crippen LogP contribution in [-0.2, 0) is 21.2 Å². The van der Waals surface area contributed by atoms with Gasteiger partial charge in [0.25, 0.3) is 0 Å². The molecule has 1 N–H and O–H groups in total. The fourth-order valence-electron chi connectivity index (χ4n) is 3.43. The van der Waals surface area contributed by atoms with Crippen molar-refractivity contribution < 1.29 is 13.2 Å². The van der Waals surface area contributed by atoms with Crippen LogP contribution in [0.3, 0.4) is 0 Å². The number of imidazole rings is 1. The van der Waals surface area contributed by atoms with Gasteiger partial charge in [-0.25, -0.2) is 13.4 Å². The molecular formula is C20H21N3O3S2. The van der Waals surface area contributed by atoms with Crippen molar-refractivity contribution in [3.63, 3.8) is 0 Å². The van der Waals surface area contributed by atoms with Crippen molar-refractivity contribution in [2.24, 2.45) is 0 Å². The van der Waals surface area contributed by atoms with Crippen LogP contribution in [-0.4, -0.2) is 52.5 Å². The predicted molar refractivity (Wildman–Crippen MR) is 111 cm³/mol. The molecule has 4 rings (SSSR count). The maximum absolute atomic E-state index is 13.0. The van der Waals surface area contributed by atoms with Gasteiger partial charge in [-0.05, 0) is 24.1 Å². The number of para-hydroxylation sites is 2. The number of hydrogen-bond donors (Lipinski definition) is 1. The highest BCUT2D eigenvalue weighted by Gasteiger charge is 2.34. The highest BCUT2D eigenvalue weighted by Crippen LogP contribution is 2.24. The molecule has 1 fully saturated rings. The van der Waals surface area contributed by atoms with Crippen LogP contribution in [0.1, 0.15) is 12.0 Å². The van der Waals surface area contributed by atoms with E-state index < -0.39 is 9.84 Å². The second-order valence-electron chi connectivity index (χ2n) is 6.91. The van der Waals surface area contributed by atoms with Crippen molar-refractivity contribution in [3.8, 4) is 0 Å². The molecular weight excluding hydrogens is 394 g/mol. The zero-order chi connectivity index (χ0) is 19.6. The van der Waals surface area contributed by atoms with E-state index in [0.29, 0.717) is 18.1 Å². The molecule has 1 atom stereocenters. The number of nitrogens with one attached hydrogen (secondary N) is 1. The molecule has 2 heterocycles. The smallest absolute Gasteiger partial charge is 0.233 e. The van der Waals surface area contributed by atoms with Gasteiger partial charge in [0.15, 0.2) is 15.0 Å². The molecule has 1 aliphatic heterocycles. The van der Waals surface area contributed by atoms with Gasteiger partial charge in [0.05, 0.1) is 28.3 Å². The van der Waals surface area contributed by atoms with E-state index in [1.54, 1.807) is 4.90 Å². The van der Waals surface area contributed by atoms with E-state index in [2.05, 4.69) is 9.97 Å². The standard InChI is InChI=1S/C20H21N3O3S2/c24-19(13-27-20-21-17-8-4-5-9-18(17)22-20)23(12-15-6-2-1-3-7-15)16-10-11-28(25,26)14-16/h1-9,16H,10-14H2,(H,21,22)/t16-/m1/s1. The number of hydrogen-bond acceptors (Lipinski definition) is 5. The molecule has 0 bridgehead atoms. The van der Waals surface area contributed by atoms with Crippen LogP contribution in [0.5, 0.6) is 0 Å². The topological polar surface area (TPSA) is 83.1 Å². The molecule has 8 heteroatoms. The van der Waals surface area contributed by atoms with Crippen LogP contribution in [0.4, 0.5) is 0 Å². The summed E-state index contributed by atoms with van der Waals surface area (Å²) in [7, 11) is -3.07. The molecule has 1 amide bonds. The lowest BCUT2D eigenvalue weighted by atomic mass is 10.1. The van der Waals surface area contributed by atoms with E-state index >= 15 is 0 Å². The summed E-state index contributed by atoms with van der Waals surface area (Å²) in [6, 6.07) is 17.1. The number of benzene rings is 2. The number of carbonyl (C=O) groups excluding carboxylic acids is 1. The maximum atomic E-state index is 13.0. The van der Waals surface area contributed by atoms with Crippen molar-refractivity contribution in [3.05, 3.63) is 60.2 Å². The summed E-state index contributed by atoms with van der Waals surface area (Å²) in [4.78, 5) is 22.4. The summed E-state index contributed by atoms with van der Waals surface area (Å²) >= 11 is 1.34. The Balaban J connectivity index is 1.49. The summed E-state index contributed by atoms with van der Waals surface area (Å²) in [5.74, 6) is 0.327. The summed E-state index contributed by atoms with van der Waals surface area (Å²) in [5.41, 5.74) is 2.79. The van der Waals surface area contributed by atoms with Gasteiger partial charge >= 0.3 is 0 Å². The quantitative estimate of drug-likeness (QED) is 0.626. The van der Waals surface area contributed by atoms with Crippen LogP contribution >= 0.6 is 11.8 Å². The molecule has 0 saturated carbocycles. The number of aromatic nitrogens is 2. The van der Waals surface area contributed by atoms with Crippen LogP contribution in [0.2, 0.25) is 0 Å². The van der Waals surface area contributed by atoms with E-state index in [1.807, 2.05) is 54.6 Å². The van der Waals surface area contributed by atoms with Gasteiger partial charge in [0.1, 0.15) is 0 Å². The lowest BCUT2D eigenvalue weighted by Gasteiger charge is -2.28. The Morgan fingerprint density at radius 1 is 1.14 bits per heavy atom. The molecule has 0 unspecified atom stereocenters. The number of rotatable bonds is 6. The summed E-state index contributed by atoms with van der Waals surface area (Å²) in [6.07, 6.45) is 0.496. The van der Waals surface area contributed by atoms with Crippen molar-refractivity contribution in [2.45, 2.75) is 24.2 Å². The third-order valence-corrected chi connectivity index (χ3v) is 7.47. The molecule has 0 radical (unpaired) electrons. The molecule has 0 aliphatic carbocycles. The first-order valence-electron chi connectivity index (χ1n) is 9.11. The number of aromatic amines is 1. The van der Waals surface area contributed by atoms with E-state index in [4.69, 9.17) is 0 Å². The Morgan fingerprint density at radius 3 is 2.61 bits per heavy atom. The summed E-state index contributed by atoms with van der Waals surface area (Å²) in [6.45, 7) is 0.417. The van der Waals surface area contributed by atoms with Gasteiger partial charge in [-0.15, -0.1) is 0 Å². The number of H-pyrrole nitrogens is 1. The van der Waals surface area contributed by atoms with Gasteiger partial charge < -0.3 is 9.88 Å². The number of sulfone groups is 1. The van der Waals surface area contributed by atoms with Crippen LogP contribution < -0.4 is 0 Å². The van der Waals surface area contributed by atoms with Gasteiger partial charge in [-0.3, -0.25) is 4.79 Å². The first kappa shape index (κ1) is 19.0. The molecule has 1 aliphatic rings. The Kier molecular flexibility index (Phi) is 5.41. The third-order valence-electron chi connectivity index (χ3n) is 4.87. The van der Waals surface area contributed by atoms with Gasteiger partial charge in [-0.2, -0.15) is 0 Å². The Bertz CT molecular complexity index is 1050. The van der Waals surface area contributed by atoms with Gasteiger partial charge in [0, 0.05) is 12.6 Å². The lowest BCUT2D eigenvalue weighted by Crippen LogP contribution is -2.41. The maximum Gasteiger partial charge on any atom is 0.233 e. The minimum atomic E-state index is -3.07. The lowest BCUT2D eigenvalue weighted by molar-refractivity contribution is -0.130. The number of carbonyl (C=O) groups is 1. The average Bonchev–Trinajstić information content (AvgIpc) is 3.27. The van der Waals surface area contributed by atoms with Crippen molar-refractivity contribution in [1.29, 1.82) is 0 Å². The largest absolute Gasteiger partial charge is 0.334 e. The van der Waals surface area contributed by atoms with Crippen molar-refractivity contribution in [1.82, 2.24) is 14.9 Å². The molecule has 1 aromatic heterocycles. The second-order valence-corrected chi connectivity index (χ2v) is 10.1.